The Morgan fingerprint density at radius 1 is 1.32 bits per heavy atom. The summed E-state index contributed by atoms with van der Waals surface area (Å²) in [5.41, 5.74) is 0.476. The largest absolute Gasteiger partial charge is 0.490 e. The van der Waals surface area contributed by atoms with Crippen molar-refractivity contribution in [2.75, 3.05) is 7.11 Å². The van der Waals surface area contributed by atoms with Gasteiger partial charge in [-0.1, -0.05) is 0 Å². The molecule has 2 rings (SSSR count). The normalized spacial score (nSPS) is 22.9. The fourth-order valence-electron chi connectivity index (χ4n) is 2.03. The van der Waals surface area contributed by atoms with Gasteiger partial charge in [0.05, 0.1) is 18.1 Å². The topological polar surface area (TPSA) is 52.6 Å². The third-order valence-corrected chi connectivity index (χ3v) is 3.53. The van der Waals surface area contributed by atoms with Gasteiger partial charge in [0.25, 0.3) is 0 Å². The van der Waals surface area contributed by atoms with Gasteiger partial charge in [0.15, 0.2) is 5.78 Å². The van der Waals surface area contributed by atoms with Gasteiger partial charge in [0.1, 0.15) is 11.9 Å². The summed E-state index contributed by atoms with van der Waals surface area (Å²) in [5.74, 6) is 0.369. The summed E-state index contributed by atoms with van der Waals surface area (Å²) < 4.78 is 10.4. The molecule has 0 bridgehead atoms. The number of halogens is 1. The van der Waals surface area contributed by atoms with Crippen LogP contribution in [0.25, 0.3) is 0 Å². The van der Waals surface area contributed by atoms with Crippen LogP contribution in [0.5, 0.6) is 5.75 Å². The third kappa shape index (κ3) is 3.47. The summed E-state index contributed by atoms with van der Waals surface area (Å²) in [5, 5.41) is -0.451. The molecule has 0 aliphatic heterocycles. The van der Waals surface area contributed by atoms with Gasteiger partial charge < -0.3 is 9.47 Å². The number of benzene rings is 1. The number of carbonyl (C=O) groups is 2. The minimum absolute atomic E-state index is 0.0517. The molecule has 19 heavy (non-hydrogen) atoms. The fraction of sp³-hybridized carbons (Fsp3) is 0.429. The molecule has 1 aromatic carbocycles. The van der Waals surface area contributed by atoms with E-state index in [2.05, 4.69) is 4.74 Å². The molecule has 4 nitrogen and oxygen atoms in total. The van der Waals surface area contributed by atoms with Crippen molar-refractivity contribution in [3.05, 3.63) is 29.8 Å². The molecule has 1 aliphatic carbocycles. The number of hydrogen-bond donors (Lipinski definition) is 0. The maximum atomic E-state index is 11.3. The first-order chi connectivity index (χ1) is 9.10. The van der Waals surface area contributed by atoms with Crippen LogP contribution in [0.3, 0.4) is 0 Å². The number of ketones is 1. The van der Waals surface area contributed by atoms with E-state index in [1.165, 1.54) is 7.11 Å². The number of esters is 1. The Morgan fingerprint density at radius 3 is 2.58 bits per heavy atom. The highest BCUT2D eigenvalue weighted by Gasteiger charge is 2.28. The summed E-state index contributed by atoms with van der Waals surface area (Å²) >= 11 is 5.92. The van der Waals surface area contributed by atoms with Crippen molar-refractivity contribution in [3.8, 4) is 5.75 Å². The van der Waals surface area contributed by atoms with Crippen LogP contribution in [0.1, 0.15) is 29.6 Å². The Balaban J connectivity index is 1.96. The Labute approximate surface area is 116 Å². The second kappa shape index (κ2) is 6.06. The molecule has 2 unspecified atom stereocenters. The number of hydrogen-bond acceptors (Lipinski definition) is 4. The van der Waals surface area contributed by atoms with Crippen molar-refractivity contribution >= 4 is 23.4 Å². The van der Waals surface area contributed by atoms with Crippen LogP contribution in [0, 0.1) is 0 Å². The number of alkyl halides is 1. The SMILES string of the molecule is COC(=O)c1ccc(OC2CCC(=O)C(Cl)C2)cc1. The first-order valence-electron chi connectivity index (χ1n) is 6.12. The van der Waals surface area contributed by atoms with Crippen LogP contribution in [0.15, 0.2) is 24.3 Å². The average molecular weight is 283 g/mol. The number of methoxy groups -OCH3 is 1. The van der Waals surface area contributed by atoms with Gasteiger partial charge in [0.2, 0.25) is 0 Å². The minimum Gasteiger partial charge on any atom is -0.490 e. The van der Waals surface area contributed by atoms with Crippen LogP contribution >= 0.6 is 11.6 Å². The Hall–Kier alpha value is -1.55. The van der Waals surface area contributed by atoms with Gasteiger partial charge in [0, 0.05) is 12.8 Å². The maximum Gasteiger partial charge on any atom is 0.337 e. The molecule has 5 heteroatoms. The van der Waals surface area contributed by atoms with Crippen LogP contribution in [-0.4, -0.2) is 30.3 Å². The molecule has 102 valence electrons. The molecule has 0 heterocycles. The van der Waals surface area contributed by atoms with Gasteiger partial charge in [-0.2, -0.15) is 0 Å². The van der Waals surface area contributed by atoms with E-state index in [0.717, 1.165) is 0 Å². The molecule has 0 aromatic heterocycles. The van der Waals surface area contributed by atoms with Crippen molar-refractivity contribution in [1.82, 2.24) is 0 Å². The standard InChI is InChI=1S/C14H15ClO4/c1-18-14(17)9-2-4-10(5-3-9)19-11-6-7-13(16)12(15)8-11/h2-5,11-12H,6-8H2,1H3. The van der Waals surface area contributed by atoms with E-state index in [1.807, 2.05) is 0 Å². The van der Waals surface area contributed by atoms with E-state index >= 15 is 0 Å². The van der Waals surface area contributed by atoms with E-state index in [0.29, 0.717) is 30.6 Å². The van der Waals surface area contributed by atoms with Gasteiger partial charge in [-0.15, -0.1) is 11.6 Å². The fourth-order valence-corrected chi connectivity index (χ4v) is 2.33. The van der Waals surface area contributed by atoms with E-state index in [-0.39, 0.29) is 17.9 Å². The predicted octanol–water partition coefficient (Wildman–Crippen LogP) is 2.58. The molecule has 0 saturated heterocycles. The number of Topliss-reactive ketones (excluding diaryl/α,β-unsaturated/α-hetero) is 1. The first kappa shape index (κ1) is 13.9. The molecule has 0 radical (unpaired) electrons. The van der Waals surface area contributed by atoms with Gasteiger partial charge >= 0.3 is 5.97 Å². The van der Waals surface area contributed by atoms with Gasteiger partial charge in [-0.25, -0.2) is 4.79 Å². The first-order valence-corrected chi connectivity index (χ1v) is 6.55. The summed E-state index contributed by atoms with van der Waals surface area (Å²) in [6, 6.07) is 6.72. The average Bonchev–Trinajstić information content (AvgIpc) is 2.43. The third-order valence-electron chi connectivity index (χ3n) is 3.11. The second-order valence-corrected chi connectivity index (χ2v) is 4.99. The Bertz CT molecular complexity index is 469. The van der Waals surface area contributed by atoms with Crippen molar-refractivity contribution < 1.29 is 19.1 Å². The van der Waals surface area contributed by atoms with Crippen LogP contribution in [-0.2, 0) is 9.53 Å². The predicted molar refractivity (Wildman–Crippen MR) is 70.7 cm³/mol. The lowest BCUT2D eigenvalue weighted by Gasteiger charge is -2.25. The van der Waals surface area contributed by atoms with E-state index in [1.54, 1.807) is 24.3 Å². The zero-order valence-electron chi connectivity index (χ0n) is 10.6. The van der Waals surface area contributed by atoms with Crippen molar-refractivity contribution in [2.24, 2.45) is 0 Å². The molecule has 1 aliphatic rings. The summed E-state index contributed by atoms with van der Waals surface area (Å²) in [6.07, 6.45) is 1.61. The molecule has 1 aromatic rings. The highest BCUT2D eigenvalue weighted by atomic mass is 35.5. The molecular weight excluding hydrogens is 268 g/mol. The van der Waals surface area contributed by atoms with Crippen LogP contribution in [0.4, 0.5) is 0 Å². The second-order valence-electron chi connectivity index (χ2n) is 4.46. The quantitative estimate of drug-likeness (QED) is 0.632. The monoisotopic (exact) mass is 282 g/mol. The summed E-state index contributed by atoms with van der Waals surface area (Å²) in [4.78, 5) is 22.6. The van der Waals surface area contributed by atoms with Crippen molar-refractivity contribution in [3.63, 3.8) is 0 Å². The highest BCUT2D eigenvalue weighted by molar-refractivity contribution is 6.31. The molecular formula is C14H15ClO4. The van der Waals surface area contributed by atoms with E-state index < -0.39 is 5.38 Å². The number of rotatable bonds is 3. The molecule has 0 N–H and O–H groups in total. The van der Waals surface area contributed by atoms with Gasteiger partial charge in [-0.05, 0) is 30.7 Å². The van der Waals surface area contributed by atoms with E-state index in [9.17, 15) is 9.59 Å². The van der Waals surface area contributed by atoms with E-state index in [4.69, 9.17) is 16.3 Å². The molecule has 1 saturated carbocycles. The molecule has 0 spiro atoms. The molecule has 1 fully saturated rings. The number of ether oxygens (including phenoxy) is 2. The zero-order chi connectivity index (χ0) is 13.8. The smallest absolute Gasteiger partial charge is 0.337 e. The summed E-state index contributed by atoms with van der Waals surface area (Å²) in [7, 11) is 1.34. The van der Waals surface area contributed by atoms with Crippen molar-refractivity contribution in [2.45, 2.75) is 30.7 Å². The lowest BCUT2D eigenvalue weighted by Crippen LogP contribution is -2.32. The minimum atomic E-state index is -0.451. The van der Waals surface area contributed by atoms with Crippen molar-refractivity contribution in [1.29, 1.82) is 0 Å². The van der Waals surface area contributed by atoms with Crippen LogP contribution < -0.4 is 4.74 Å². The Morgan fingerprint density at radius 2 is 2.00 bits per heavy atom. The Kier molecular flexibility index (Phi) is 4.43. The number of carbonyl (C=O) groups excluding carboxylic acids is 2. The lowest BCUT2D eigenvalue weighted by atomic mass is 9.96. The summed E-state index contributed by atoms with van der Waals surface area (Å²) in [6.45, 7) is 0. The van der Waals surface area contributed by atoms with Crippen LogP contribution in [0.2, 0.25) is 0 Å². The molecule has 0 amide bonds. The molecule has 2 atom stereocenters. The zero-order valence-corrected chi connectivity index (χ0v) is 11.4. The maximum absolute atomic E-state index is 11.3. The lowest BCUT2D eigenvalue weighted by molar-refractivity contribution is -0.121. The van der Waals surface area contributed by atoms with Gasteiger partial charge in [-0.3, -0.25) is 4.79 Å². The highest BCUT2D eigenvalue weighted by Crippen LogP contribution is 2.25.